The summed E-state index contributed by atoms with van der Waals surface area (Å²) < 4.78 is 11.1. The van der Waals surface area contributed by atoms with Crippen LogP contribution in [0.2, 0.25) is 0 Å². The average Bonchev–Trinajstić information content (AvgIpc) is 2.72. The summed E-state index contributed by atoms with van der Waals surface area (Å²) >= 11 is 0. The fourth-order valence-electron chi connectivity index (χ4n) is 3.45. The van der Waals surface area contributed by atoms with E-state index in [0.29, 0.717) is 35.5 Å². The molecule has 0 spiro atoms. The zero-order chi connectivity index (χ0) is 21.7. The fraction of sp³-hybridized carbons (Fsp3) is 0.364. The van der Waals surface area contributed by atoms with Crippen molar-refractivity contribution < 1.29 is 38.9 Å². The summed E-state index contributed by atoms with van der Waals surface area (Å²) in [6.45, 7) is 0.430. The molecule has 1 unspecified atom stereocenters. The number of hydrogen-bond donors (Lipinski definition) is 2. The number of carbonyl (C=O) groups is 4. The van der Waals surface area contributed by atoms with Gasteiger partial charge < -0.3 is 19.7 Å². The van der Waals surface area contributed by atoms with E-state index in [-0.39, 0.29) is 49.6 Å². The molecule has 8 heteroatoms. The Bertz CT molecular complexity index is 940. The molecular weight excluding hydrogens is 392 g/mol. The molecule has 3 rings (SSSR count). The number of ketones is 2. The highest BCUT2D eigenvalue weighted by molar-refractivity contribution is 6.24. The van der Waals surface area contributed by atoms with Crippen LogP contribution < -0.4 is 4.74 Å². The average molecular weight is 414 g/mol. The molecule has 158 valence electrons. The van der Waals surface area contributed by atoms with E-state index < -0.39 is 17.9 Å². The first-order chi connectivity index (χ1) is 14.4. The van der Waals surface area contributed by atoms with E-state index in [2.05, 4.69) is 0 Å². The normalized spacial score (nSPS) is 17.4. The predicted octanol–water partition coefficient (Wildman–Crippen LogP) is 3.02. The Balaban J connectivity index is 1.69. The van der Waals surface area contributed by atoms with E-state index >= 15 is 0 Å². The van der Waals surface area contributed by atoms with E-state index in [1.165, 1.54) is 6.07 Å². The number of carboxylic acid groups (broad SMARTS) is 2. The van der Waals surface area contributed by atoms with Crippen LogP contribution in [0.3, 0.4) is 0 Å². The maximum atomic E-state index is 12.9. The summed E-state index contributed by atoms with van der Waals surface area (Å²) in [5.41, 5.74) is 0.998. The van der Waals surface area contributed by atoms with Crippen molar-refractivity contribution in [3.05, 3.63) is 52.8 Å². The van der Waals surface area contributed by atoms with Crippen molar-refractivity contribution in [3.8, 4) is 5.75 Å². The van der Waals surface area contributed by atoms with Crippen LogP contribution in [0.15, 0.2) is 41.7 Å². The van der Waals surface area contributed by atoms with Gasteiger partial charge in [0.2, 0.25) is 0 Å². The number of benzene rings is 1. The van der Waals surface area contributed by atoms with Crippen molar-refractivity contribution >= 4 is 23.5 Å². The van der Waals surface area contributed by atoms with Gasteiger partial charge in [-0.3, -0.25) is 19.2 Å². The van der Waals surface area contributed by atoms with Crippen LogP contribution >= 0.6 is 0 Å². The lowest BCUT2D eigenvalue weighted by atomic mass is 9.74. The molecule has 1 aromatic carbocycles. The van der Waals surface area contributed by atoms with E-state index in [9.17, 15) is 19.2 Å². The molecule has 0 saturated heterocycles. The van der Waals surface area contributed by atoms with Gasteiger partial charge in [0.15, 0.2) is 11.6 Å². The second-order valence-corrected chi connectivity index (χ2v) is 7.10. The number of fused-ring (bicyclic) bond motifs is 2. The number of carboxylic acids is 2. The quantitative estimate of drug-likeness (QED) is 0.559. The molecule has 0 bridgehead atoms. The molecule has 1 aromatic rings. The van der Waals surface area contributed by atoms with Gasteiger partial charge in [-0.15, -0.1) is 0 Å². The summed E-state index contributed by atoms with van der Waals surface area (Å²) in [6.07, 6.45) is 4.19. The minimum absolute atomic E-state index is 0.00328. The molecule has 1 atom stereocenters. The van der Waals surface area contributed by atoms with Gasteiger partial charge in [-0.05, 0) is 37.1 Å². The highest BCUT2D eigenvalue weighted by Gasteiger charge is 2.39. The van der Waals surface area contributed by atoms with Crippen LogP contribution in [-0.2, 0) is 14.3 Å². The Kier molecular flexibility index (Phi) is 6.66. The van der Waals surface area contributed by atoms with Crippen LogP contribution in [0.5, 0.6) is 5.75 Å². The molecule has 30 heavy (non-hydrogen) atoms. The van der Waals surface area contributed by atoms with E-state index in [0.717, 1.165) is 0 Å². The molecule has 2 aliphatic carbocycles. The van der Waals surface area contributed by atoms with Crippen molar-refractivity contribution in [3.63, 3.8) is 0 Å². The van der Waals surface area contributed by atoms with Crippen LogP contribution in [0.4, 0.5) is 0 Å². The summed E-state index contributed by atoms with van der Waals surface area (Å²) in [6, 6.07) is 4.68. The Morgan fingerprint density at radius 2 is 1.60 bits per heavy atom. The first-order valence-corrected chi connectivity index (χ1v) is 9.69. The number of rotatable bonds is 10. The second kappa shape index (κ2) is 9.39. The van der Waals surface area contributed by atoms with Crippen LogP contribution in [0, 0.1) is 5.92 Å². The largest absolute Gasteiger partial charge is 0.498 e. The third-order valence-electron chi connectivity index (χ3n) is 4.94. The molecule has 8 nitrogen and oxygen atoms in total. The highest BCUT2D eigenvalue weighted by Crippen LogP contribution is 2.37. The van der Waals surface area contributed by atoms with Gasteiger partial charge in [0.25, 0.3) is 0 Å². The lowest BCUT2D eigenvalue weighted by Crippen LogP contribution is -2.31. The Hall–Kier alpha value is -3.42. The molecular formula is C22H22O8. The van der Waals surface area contributed by atoms with Gasteiger partial charge in [0.1, 0.15) is 5.75 Å². The Labute approximate surface area is 172 Å². The fourth-order valence-corrected chi connectivity index (χ4v) is 3.45. The van der Waals surface area contributed by atoms with Crippen molar-refractivity contribution in [1.82, 2.24) is 0 Å². The second-order valence-electron chi connectivity index (χ2n) is 7.10. The third kappa shape index (κ3) is 4.94. The number of ether oxygens (including phenoxy) is 2. The number of allylic oxidation sites excluding steroid dienone is 4. The van der Waals surface area contributed by atoms with Gasteiger partial charge in [-0.1, -0.05) is 6.08 Å². The molecule has 0 saturated carbocycles. The summed E-state index contributed by atoms with van der Waals surface area (Å²) in [5, 5.41) is 17.3. The SMILES string of the molecule is O=C(O)CCCOC1=CC=C2C(=O)c3cc(OCCCC(=O)O)ccc3C(=O)C2C1. The maximum Gasteiger partial charge on any atom is 0.303 e. The molecule has 0 amide bonds. The topological polar surface area (TPSA) is 127 Å². The lowest BCUT2D eigenvalue weighted by molar-refractivity contribution is -0.138. The van der Waals surface area contributed by atoms with Gasteiger partial charge in [-0.2, -0.15) is 0 Å². The number of hydrogen-bond acceptors (Lipinski definition) is 6. The van der Waals surface area contributed by atoms with E-state index in [1.807, 2.05) is 0 Å². The molecule has 0 radical (unpaired) electrons. The van der Waals surface area contributed by atoms with Gasteiger partial charge >= 0.3 is 11.9 Å². The van der Waals surface area contributed by atoms with Crippen LogP contribution in [0.1, 0.15) is 52.8 Å². The monoisotopic (exact) mass is 414 g/mol. The molecule has 0 fully saturated rings. The molecule has 2 N–H and O–H groups in total. The highest BCUT2D eigenvalue weighted by atomic mass is 16.5. The summed E-state index contributed by atoms with van der Waals surface area (Å²) in [4.78, 5) is 47.0. The standard InChI is InChI=1S/C22H22O8/c23-19(24)3-1-9-29-13-5-7-15-17(11-13)21(27)16-8-6-14(12-18(16)22(15)28)30-10-2-4-20(25)26/h5-8,11,18H,1-4,9-10,12H2,(H,23,24)(H,25,26). The van der Waals surface area contributed by atoms with Gasteiger partial charge in [-0.25, -0.2) is 0 Å². The minimum atomic E-state index is -0.904. The number of aliphatic carboxylic acids is 2. The first-order valence-electron chi connectivity index (χ1n) is 9.69. The van der Waals surface area contributed by atoms with Crippen molar-refractivity contribution in [2.75, 3.05) is 13.2 Å². The maximum absolute atomic E-state index is 12.9. The van der Waals surface area contributed by atoms with Gasteiger partial charge in [0, 0.05) is 36.0 Å². The smallest absolute Gasteiger partial charge is 0.303 e. The van der Waals surface area contributed by atoms with E-state index in [4.69, 9.17) is 19.7 Å². The zero-order valence-corrected chi connectivity index (χ0v) is 16.3. The van der Waals surface area contributed by atoms with Crippen LogP contribution in [-0.4, -0.2) is 46.9 Å². The number of Topliss-reactive ketones (excluding diaryl/α,β-unsaturated/α-hetero) is 2. The van der Waals surface area contributed by atoms with Crippen molar-refractivity contribution in [2.45, 2.75) is 32.1 Å². The van der Waals surface area contributed by atoms with Gasteiger partial charge in [0.05, 0.1) is 24.9 Å². The number of carbonyl (C=O) groups excluding carboxylic acids is 2. The molecule has 0 aliphatic heterocycles. The predicted molar refractivity (Wildman–Crippen MR) is 105 cm³/mol. The van der Waals surface area contributed by atoms with Crippen molar-refractivity contribution in [1.29, 1.82) is 0 Å². The molecule has 0 heterocycles. The molecule has 2 aliphatic rings. The lowest BCUT2D eigenvalue weighted by Gasteiger charge is -2.28. The Morgan fingerprint density at radius 3 is 2.27 bits per heavy atom. The van der Waals surface area contributed by atoms with E-state index in [1.54, 1.807) is 24.3 Å². The van der Waals surface area contributed by atoms with Crippen LogP contribution in [0.25, 0.3) is 0 Å². The van der Waals surface area contributed by atoms with Crippen molar-refractivity contribution in [2.24, 2.45) is 5.92 Å². The minimum Gasteiger partial charge on any atom is -0.498 e. The zero-order valence-electron chi connectivity index (χ0n) is 16.3. The first kappa shape index (κ1) is 21.3. The Morgan fingerprint density at radius 1 is 0.933 bits per heavy atom. The summed E-state index contributed by atoms with van der Waals surface area (Å²) in [7, 11) is 0. The third-order valence-corrected chi connectivity index (χ3v) is 4.94. The molecule has 0 aromatic heterocycles. The summed E-state index contributed by atoms with van der Waals surface area (Å²) in [5.74, 6) is -1.87.